The fourth-order valence-corrected chi connectivity index (χ4v) is 6.00. The number of aryl methyl sites for hydroxylation is 2. The van der Waals surface area contributed by atoms with Gasteiger partial charge in [0.25, 0.3) is 0 Å². The summed E-state index contributed by atoms with van der Waals surface area (Å²) in [6, 6.07) is 26.7. The third-order valence-corrected chi connectivity index (χ3v) is 7.85. The minimum atomic E-state index is 0. The van der Waals surface area contributed by atoms with Gasteiger partial charge in [-0.05, 0) is 68.2 Å². The molecule has 1 fully saturated rings. The molecule has 1 saturated heterocycles. The van der Waals surface area contributed by atoms with Gasteiger partial charge in [-0.2, -0.15) is 4.57 Å². The summed E-state index contributed by atoms with van der Waals surface area (Å²) in [5, 5.41) is 3.98. The zero-order valence-electron chi connectivity index (χ0n) is 21.7. The first-order valence-corrected chi connectivity index (χ1v) is 13.6. The lowest BCUT2D eigenvalue weighted by Crippen LogP contribution is -3.00. The molecule has 2 aromatic heterocycles. The Morgan fingerprint density at radius 3 is 2.38 bits per heavy atom. The second-order valence-electron chi connectivity index (χ2n) is 10.1. The molecule has 0 bridgehead atoms. The smallest absolute Gasteiger partial charge is 0.213 e. The minimum absolute atomic E-state index is 0. The number of nitrogens with zero attached hydrogens (tertiary/aromatic N) is 3. The molecule has 0 unspecified atom stereocenters. The predicted molar refractivity (Wildman–Crippen MR) is 153 cm³/mol. The zero-order valence-corrected chi connectivity index (χ0v) is 23.9. The van der Waals surface area contributed by atoms with Crippen LogP contribution in [0.4, 0.5) is 0 Å². The third-order valence-electron chi connectivity index (χ3n) is 7.85. The second-order valence-corrected chi connectivity index (χ2v) is 10.1. The molecule has 1 aliphatic heterocycles. The summed E-state index contributed by atoms with van der Waals surface area (Å²) >= 11 is 0. The maximum atomic E-state index is 2.64. The largest absolute Gasteiger partial charge is 1.00 e. The van der Waals surface area contributed by atoms with Gasteiger partial charge < -0.3 is 33.4 Å². The van der Waals surface area contributed by atoms with Crippen LogP contribution in [0, 0.1) is 0 Å². The standard InChI is InChI=1S/C33H36N3.HI/c1-2-36-32-14-7-5-12-29(32)30-25-26(16-18-33(30)36)15-17-27-19-24-35(31-13-6-4-11-28(27)31)23-10-22-34-20-8-3-9-21-34;/h4-7,11-19,24-25H,2-3,8-10,20-23H2,1H3;1H/q+1;/p-1. The molecular formula is C33H36IN3. The number of fused-ring (bicyclic) bond motifs is 4. The van der Waals surface area contributed by atoms with Crippen LogP contribution in [-0.4, -0.2) is 29.1 Å². The fourth-order valence-electron chi connectivity index (χ4n) is 6.00. The van der Waals surface area contributed by atoms with Crippen LogP contribution >= 0.6 is 0 Å². The van der Waals surface area contributed by atoms with Crippen molar-refractivity contribution in [3.63, 3.8) is 0 Å². The number of benzene rings is 3. The maximum Gasteiger partial charge on any atom is 0.213 e. The highest BCUT2D eigenvalue weighted by atomic mass is 127. The van der Waals surface area contributed by atoms with Crippen LogP contribution in [0.15, 0.2) is 79.0 Å². The van der Waals surface area contributed by atoms with Gasteiger partial charge in [0.15, 0.2) is 6.20 Å². The first-order chi connectivity index (χ1) is 17.8. The highest BCUT2D eigenvalue weighted by Gasteiger charge is 2.14. The third kappa shape index (κ3) is 5.32. The fraction of sp³-hybridized carbons (Fsp3) is 0.303. The lowest BCUT2D eigenvalue weighted by Gasteiger charge is -2.25. The highest BCUT2D eigenvalue weighted by Crippen LogP contribution is 2.30. The van der Waals surface area contributed by atoms with Gasteiger partial charge in [-0.15, -0.1) is 0 Å². The Labute approximate surface area is 237 Å². The van der Waals surface area contributed by atoms with Crippen LogP contribution in [0.3, 0.4) is 0 Å². The van der Waals surface area contributed by atoms with Gasteiger partial charge in [0.2, 0.25) is 5.52 Å². The van der Waals surface area contributed by atoms with E-state index in [2.05, 4.69) is 112 Å². The molecule has 5 aromatic rings. The topological polar surface area (TPSA) is 12.0 Å². The van der Waals surface area contributed by atoms with Gasteiger partial charge in [0, 0.05) is 53.4 Å². The molecule has 3 nitrogen and oxygen atoms in total. The van der Waals surface area contributed by atoms with Gasteiger partial charge >= 0.3 is 0 Å². The highest BCUT2D eigenvalue weighted by molar-refractivity contribution is 6.08. The molecule has 0 spiro atoms. The molecule has 190 valence electrons. The zero-order chi connectivity index (χ0) is 24.3. The molecule has 3 heterocycles. The molecule has 0 atom stereocenters. The van der Waals surface area contributed by atoms with E-state index >= 15 is 0 Å². The van der Waals surface area contributed by atoms with E-state index in [0.29, 0.717) is 0 Å². The normalized spacial score (nSPS) is 14.6. The van der Waals surface area contributed by atoms with Gasteiger partial charge in [0.05, 0.1) is 5.39 Å². The number of para-hydroxylation sites is 2. The molecule has 0 saturated carbocycles. The van der Waals surface area contributed by atoms with Crippen molar-refractivity contribution in [1.29, 1.82) is 0 Å². The first kappa shape index (κ1) is 25.9. The number of hydrogen-bond donors (Lipinski definition) is 0. The molecule has 4 heteroatoms. The van der Waals surface area contributed by atoms with Gasteiger partial charge in [-0.1, -0.05) is 55.0 Å². The number of likely N-dealkylation sites (tertiary alicyclic amines) is 1. The van der Waals surface area contributed by atoms with Crippen molar-refractivity contribution < 1.29 is 28.5 Å². The van der Waals surface area contributed by atoms with E-state index in [-0.39, 0.29) is 24.0 Å². The number of aromatic nitrogens is 2. The van der Waals surface area contributed by atoms with Crippen molar-refractivity contribution in [3.8, 4) is 0 Å². The molecule has 6 rings (SSSR count). The molecule has 3 aromatic carbocycles. The van der Waals surface area contributed by atoms with Crippen molar-refractivity contribution in [2.45, 2.75) is 45.7 Å². The van der Waals surface area contributed by atoms with Crippen molar-refractivity contribution in [2.24, 2.45) is 0 Å². The molecule has 0 aliphatic carbocycles. The molecule has 1 aliphatic rings. The monoisotopic (exact) mass is 601 g/mol. The average Bonchev–Trinajstić information content (AvgIpc) is 3.26. The van der Waals surface area contributed by atoms with E-state index in [1.54, 1.807) is 0 Å². The van der Waals surface area contributed by atoms with E-state index in [9.17, 15) is 0 Å². The summed E-state index contributed by atoms with van der Waals surface area (Å²) in [7, 11) is 0. The lowest BCUT2D eigenvalue weighted by molar-refractivity contribution is -0.671. The summed E-state index contributed by atoms with van der Waals surface area (Å²) in [5.41, 5.74) is 6.46. The Morgan fingerprint density at radius 2 is 1.54 bits per heavy atom. The van der Waals surface area contributed by atoms with Crippen LogP contribution in [0.2, 0.25) is 0 Å². The second kappa shape index (κ2) is 11.8. The average molecular weight is 602 g/mol. The van der Waals surface area contributed by atoms with Crippen LogP contribution in [-0.2, 0) is 13.1 Å². The Morgan fingerprint density at radius 1 is 0.784 bits per heavy atom. The Hall–Kier alpha value is -2.70. The van der Waals surface area contributed by atoms with Crippen molar-refractivity contribution in [1.82, 2.24) is 9.47 Å². The van der Waals surface area contributed by atoms with Crippen LogP contribution < -0.4 is 28.5 Å². The van der Waals surface area contributed by atoms with E-state index in [4.69, 9.17) is 0 Å². The number of piperidine rings is 1. The Balaban J connectivity index is 0.00000280. The van der Waals surface area contributed by atoms with E-state index in [1.807, 2.05) is 0 Å². The number of pyridine rings is 1. The Kier molecular flexibility index (Phi) is 8.26. The van der Waals surface area contributed by atoms with Crippen molar-refractivity contribution >= 4 is 44.9 Å². The molecule has 0 N–H and O–H groups in total. The Bertz CT molecular complexity index is 1540. The first-order valence-electron chi connectivity index (χ1n) is 13.6. The van der Waals surface area contributed by atoms with Crippen LogP contribution in [0.1, 0.15) is 43.7 Å². The maximum absolute atomic E-state index is 2.64. The van der Waals surface area contributed by atoms with E-state index in [0.717, 1.165) is 13.1 Å². The SMILES string of the molecule is CCn1c2ccccc2c2cc(/C=C/c3cc[n+](CCCN4CCCCC4)c4ccccc34)ccc21.[I-]. The van der Waals surface area contributed by atoms with Crippen molar-refractivity contribution in [2.75, 3.05) is 19.6 Å². The van der Waals surface area contributed by atoms with Crippen LogP contribution in [0.25, 0.3) is 44.9 Å². The molecule has 0 radical (unpaired) electrons. The summed E-state index contributed by atoms with van der Waals surface area (Å²) in [6.45, 7) is 8.03. The van der Waals surface area contributed by atoms with E-state index < -0.39 is 0 Å². The predicted octanol–water partition coefficient (Wildman–Crippen LogP) is 4.31. The summed E-state index contributed by atoms with van der Waals surface area (Å²) in [6.07, 6.45) is 12.2. The molecule has 0 amide bonds. The number of halogens is 1. The van der Waals surface area contributed by atoms with Crippen molar-refractivity contribution in [3.05, 3.63) is 90.1 Å². The lowest BCUT2D eigenvalue weighted by atomic mass is 10.1. The summed E-state index contributed by atoms with van der Waals surface area (Å²) in [4.78, 5) is 2.64. The summed E-state index contributed by atoms with van der Waals surface area (Å²) in [5.74, 6) is 0. The molecule has 37 heavy (non-hydrogen) atoms. The minimum Gasteiger partial charge on any atom is -1.00 e. The van der Waals surface area contributed by atoms with E-state index in [1.165, 1.54) is 89.2 Å². The number of rotatable bonds is 7. The van der Waals surface area contributed by atoms with Gasteiger partial charge in [-0.25, -0.2) is 0 Å². The van der Waals surface area contributed by atoms with Gasteiger partial charge in [0.1, 0.15) is 6.54 Å². The number of hydrogen-bond acceptors (Lipinski definition) is 1. The molecular weight excluding hydrogens is 565 g/mol. The quantitative estimate of drug-likeness (QED) is 0.200. The van der Waals surface area contributed by atoms with Crippen LogP contribution in [0.5, 0.6) is 0 Å². The van der Waals surface area contributed by atoms with Gasteiger partial charge in [-0.3, -0.25) is 0 Å². The summed E-state index contributed by atoms with van der Waals surface area (Å²) < 4.78 is 4.84.